The molecule has 154 valence electrons. The average molecular weight is 399 g/mol. The van der Waals surface area contributed by atoms with Crippen LogP contribution in [0.1, 0.15) is 17.5 Å². The van der Waals surface area contributed by atoms with E-state index in [0.29, 0.717) is 6.42 Å². The normalized spacial score (nSPS) is 18.4. The second-order valence-electron chi connectivity index (χ2n) is 6.73. The molecule has 0 saturated carbocycles. The largest absolute Gasteiger partial charge is 0.459 e. The first-order valence-corrected chi connectivity index (χ1v) is 9.46. The lowest BCUT2D eigenvalue weighted by Gasteiger charge is -2.22. The lowest BCUT2D eigenvalue weighted by atomic mass is 10.2. The van der Waals surface area contributed by atoms with Crippen LogP contribution in [-0.4, -0.2) is 49.6 Å². The zero-order valence-corrected chi connectivity index (χ0v) is 16.4. The summed E-state index contributed by atoms with van der Waals surface area (Å²) in [6.07, 6.45) is -0.565. The minimum Gasteiger partial charge on any atom is -0.459 e. The Morgan fingerprint density at radius 2 is 1.52 bits per heavy atom. The fourth-order valence-corrected chi connectivity index (χ4v) is 3.13. The molecule has 1 heterocycles. The van der Waals surface area contributed by atoms with Crippen molar-refractivity contribution in [2.24, 2.45) is 0 Å². The van der Waals surface area contributed by atoms with E-state index in [-0.39, 0.29) is 32.7 Å². The number of nitrogens with zero attached hydrogens (tertiary/aromatic N) is 1. The molecule has 0 spiro atoms. The molecule has 0 aromatic heterocycles. The highest BCUT2D eigenvalue weighted by Crippen LogP contribution is 2.23. The predicted octanol–water partition coefficient (Wildman–Crippen LogP) is 3.13. The molecule has 0 radical (unpaired) electrons. The fraction of sp³-hybridized carbons (Fsp3) is 0.364. The molecule has 0 aliphatic carbocycles. The standard InChI is InChI=1S/C22H25NO6/c1-26-16-29-19-12-20(21(24)27-14-17-8-4-2-5-9-17)23(13-19)22(25)28-15-18-10-6-3-7-11-18/h2-11,19-20H,12-16H2,1H3. The van der Waals surface area contributed by atoms with E-state index < -0.39 is 18.1 Å². The van der Waals surface area contributed by atoms with Crippen LogP contribution in [0.25, 0.3) is 0 Å². The Bertz CT molecular complexity index is 719. The highest BCUT2D eigenvalue weighted by molar-refractivity contribution is 5.82. The number of amides is 1. The summed E-state index contributed by atoms with van der Waals surface area (Å²) in [5, 5.41) is 0. The first-order valence-electron chi connectivity index (χ1n) is 9.46. The number of carbonyl (C=O) groups excluding carboxylic acids is 2. The van der Waals surface area contributed by atoms with Gasteiger partial charge in [-0.1, -0.05) is 60.7 Å². The van der Waals surface area contributed by atoms with E-state index in [9.17, 15) is 9.59 Å². The van der Waals surface area contributed by atoms with E-state index in [2.05, 4.69) is 0 Å². The third-order valence-corrected chi connectivity index (χ3v) is 4.62. The van der Waals surface area contributed by atoms with Gasteiger partial charge in [0.15, 0.2) is 0 Å². The molecule has 2 unspecified atom stereocenters. The number of likely N-dealkylation sites (tertiary alicyclic amines) is 1. The third kappa shape index (κ3) is 6.04. The Labute approximate surface area is 170 Å². The van der Waals surface area contributed by atoms with Gasteiger partial charge >= 0.3 is 12.1 Å². The number of hydrogen-bond donors (Lipinski definition) is 0. The second-order valence-corrected chi connectivity index (χ2v) is 6.73. The van der Waals surface area contributed by atoms with Gasteiger partial charge < -0.3 is 18.9 Å². The molecule has 0 bridgehead atoms. The van der Waals surface area contributed by atoms with Gasteiger partial charge in [-0.25, -0.2) is 9.59 Å². The number of ether oxygens (including phenoxy) is 4. The Hall–Kier alpha value is -2.90. The minimum absolute atomic E-state index is 0.0867. The maximum absolute atomic E-state index is 12.7. The maximum atomic E-state index is 12.7. The molecule has 7 nitrogen and oxygen atoms in total. The third-order valence-electron chi connectivity index (χ3n) is 4.62. The lowest BCUT2D eigenvalue weighted by molar-refractivity contribution is -0.150. The Balaban J connectivity index is 1.61. The van der Waals surface area contributed by atoms with Gasteiger partial charge in [0.1, 0.15) is 26.0 Å². The zero-order valence-electron chi connectivity index (χ0n) is 16.4. The summed E-state index contributed by atoms with van der Waals surface area (Å²) in [5.41, 5.74) is 1.75. The fourth-order valence-electron chi connectivity index (χ4n) is 3.13. The van der Waals surface area contributed by atoms with Crippen LogP contribution in [0.3, 0.4) is 0 Å². The number of methoxy groups -OCH3 is 1. The molecule has 1 aliphatic heterocycles. The molecule has 3 rings (SSSR count). The van der Waals surface area contributed by atoms with Gasteiger partial charge in [0, 0.05) is 13.5 Å². The number of benzene rings is 2. The van der Waals surface area contributed by atoms with Crippen LogP contribution in [0.15, 0.2) is 60.7 Å². The van der Waals surface area contributed by atoms with Crippen LogP contribution >= 0.6 is 0 Å². The molecule has 1 amide bonds. The van der Waals surface area contributed by atoms with E-state index in [4.69, 9.17) is 18.9 Å². The molecule has 7 heteroatoms. The predicted molar refractivity (Wildman–Crippen MR) is 105 cm³/mol. The van der Waals surface area contributed by atoms with Gasteiger partial charge in [-0.2, -0.15) is 0 Å². The highest BCUT2D eigenvalue weighted by atomic mass is 16.7. The van der Waals surface area contributed by atoms with Crippen LogP contribution in [0.5, 0.6) is 0 Å². The topological polar surface area (TPSA) is 74.3 Å². The van der Waals surface area contributed by atoms with Crippen LogP contribution in [0.2, 0.25) is 0 Å². The van der Waals surface area contributed by atoms with Crippen molar-refractivity contribution in [1.29, 1.82) is 0 Å². The summed E-state index contributed by atoms with van der Waals surface area (Å²) < 4.78 is 21.3. The lowest BCUT2D eigenvalue weighted by Crippen LogP contribution is -2.41. The number of hydrogen-bond acceptors (Lipinski definition) is 6. The van der Waals surface area contributed by atoms with Crippen molar-refractivity contribution in [3.8, 4) is 0 Å². The smallest absolute Gasteiger partial charge is 0.410 e. The molecule has 2 atom stereocenters. The number of carbonyl (C=O) groups is 2. The SMILES string of the molecule is COCOC1CC(C(=O)OCc2ccccc2)N(C(=O)OCc2ccccc2)C1. The summed E-state index contributed by atoms with van der Waals surface area (Å²) in [4.78, 5) is 26.7. The van der Waals surface area contributed by atoms with Gasteiger partial charge in [-0.3, -0.25) is 4.90 Å². The summed E-state index contributed by atoms with van der Waals surface area (Å²) >= 11 is 0. The molecule has 0 N–H and O–H groups in total. The molecule has 2 aromatic rings. The first-order chi connectivity index (χ1) is 14.2. The summed E-state index contributed by atoms with van der Waals surface area (Å²) in [6.45, 7) is 0.601. The summed E-state index contributed by atoms with van der Waals surface area (Å²) in [6, 6.07) is 18.0. The van der Waals surface area contributed by atoms with Gasteiger partial charge in [-0.05, 0) is 11.1 Å². The van der Waals surface area contributed by atoms with E-state index in [0.717, 1.165) is 11.1 Å². The van der Waals surface area contributed by atoms with Crippen molar-refractivity contribution in [1.82, 2.24) is 4.90 Å². The van der Waals surface area contributed by atoms with Gasteiger partial charge in [0.2, 0.25) is 0 Å². The van der Waals surface area contributed by atoms with Crippen LogP contribution in [0, 0.1) is 0 Å². The van der Waals surface area contributed by atoms with E-state index in [1.54, 1.807) is 0 Å². The minimum atomic E-state index is -0.760. The molecular weight excluding hydrogens is 374 g/mol. The molecule has 1 fully saturated rings. The molecular formula is C22H25NO6. The Kier molecular flexibility index (Phi) is 7.61. The van der Waals surface area contributed by atoms with E-state index >= 15 is 0 Å². The second kappa shape index (κ2) is 10.6. The molecule has 2 aromatic carbocycles. The van der Waals surface area contributed by atoms with Crippen LogP contribution in [0.4, 0.5) is 4.79 Å². The van der Waals surface area contributed by atoms with Crippen molar-refractivity contribution < 1.29 is 28.5 Å². The Morgan fingerprint density at radius 1 is 0.931 bits per heavy atom. The molecule has 29 heavy (non-hydrogen) atoms. The van der Waals surface area contributed by atoms with E-state index in [1.807, 2.05) is 60.7 Å². The van der Waals surface area contributed by atoms with Gasteiger partial charge in [-0.15, -0.1) is 0 Å². The van der Waals surface area contributed by atoms with Crippen LogP contribution in [-0.2, 0) is 37.0 Å². The van der Waals surface area contributed by atoms with Crippen molar-refractivity contribution in [3.63, 3.8) is 0 Å². The highest BCUT2D eigenvalue weighted by Gasteiger charge is 2.42. The Morgan fingerprint density at radius 3 is 2.10 bits per heavy atom. The zero-order chi connectivity index (χ0) is 20.5. The monoisotopic (exact) mass is 399 g/mol. The summed E-state index contributed by atoms with van der Waals surface area (Å²) in [5.74, 6) is -0.478. The first kappa shape index (κ1) is 20.8. The van der Waals surface area contributed by atoms with Crippen molar-refractivity contribution in [2.75, 3.05) is 20.4 Å². The van der Waals surface area contributed by atoms with Gasteiger partial charge in [0.05, 0.1) is 12.6 Å². The maximum Gasteiger partial charge on any atom is 0.410 e. The quantitative estimate of drug-likeness (QED) is 0.502. The van der Waals surface area contributed by atoms with Gasteiger partial charge in [0.25, 0.3) is 0 Å². The van der Waals surface area contributed by atoms with Crippen molar-refractivity contribution >= 4 is 12.1 Å². The van der Waals surface area contributed by atoms with Crippen molar-refractivity contribution in [3.05, 3.63) is 71.8 Å². The molecule has 1 saturated heterocycles. The summed E-state index contributed by atoms with van der Waals surface area (Å²) in [7, 11) is 1.52. The number of rotatable bonds is 8. The average Bonchev–Trinajstić information content (AvgIpc) is 3.20. The number of esters is 1. The van der Waals surface area contributed by atoms with E-state index in [1.165, 1.54) is 12.0 Å². The molecule has 1 aliphatic rings. The van der Waals surface area contributed by atoms with Crippen LogP contribution < -0.4 is 0 Å². The van der Waals surface area contributed by atoms with Crippen molar-refractivity contribution in [2.45, 2.75) is 31.8 Å².